The third kappa shape index (κ3) is 3.74. The highest BCUT2D eigenvalue weighted by Crippen LogP contribution is 2.21. The van der Waals surface area contributed by atoms with Gasteiger partial charge in [-0.15, -0.1) is 0 Å². The molecular weight excluding hydrogens is 264 g/mol. The number of carbonyl (C=O) groups is 1. The third-order valence-electron chi connectivity index (χ3n) is 3.37. The smallest absolute Gasteiger partial charge is 0.184 e. The molecule has 0 aromatic heterocycles. The first-order chi connectivity index (χ1) is 9.63. The lowest BCUT2D eigenvalue weighted by Crippen LogP contribution is -2.38. The van der Waals surface area contributed by atoms with E-state index in [4.69, 9.17) is 18.9 Å². The number of aliphatic hydroxyl groups is 1. The maximum atomic E-state index is 11.7. The molecule has 0 radical (unpaired) electrons. The normalized spacial score (nSPS) is 37.4. The van der Waals surface area contributed by atoms with Gasteiger partial charge in [0.2, 0.25) is 0 Å². The van der Waals surface area contributed by atoms with Gasteiger partial charge in [0, 0.05) is 14.2 Å². The van der Waals surface area contributed by atoms with Gasteiger partial charge < -0.3 is 24.1 Å². The molecule has 0 fully saturated rings. The summed E-state index contributed by atoms with van der Waals surface area (Å²) >= 11 is 0. The fraction of sp³-hybridized carbons (Fsp3) is 0.643. The predicted octanol–water partition coefficient (Wildman–Crippen LogP) is 0.552. The number of hydrogen-bond acceptors (Lipinski definition) is 6. The van der Waals surface area contributed by atoms with Crippen molar-refractivity contribution in [1.29, 1.82) is 0 Å². The van der Waals surface area contributed by atoms with Gasteiger partial charge in [0.1, 0.15) is 6.10 Å². The largest absolute Gasteiger partial charge is 0.386 e. The van der Waals surface area contributed by atoms with E-state index in [0.717, 1.165) is 0 Å². The molecule has 2 aliphatic rings. The highest BCUT2D eigenvalue weighted by molar-refractivity contribution is 5.94. The van der Waals surface area contributed by atoms with Crippen LogP contribution in [0.5, 0.6) is 0 Å². The zero-order valence-corrected chi connectivity index (χ0v) is 11.6. The lowest BCUT2D eigenvalue weighted by molar-refractivity contribution is -0.171. The Hall–Kier alpha value is -1.05. The first kappa shape index (κ1) is 15.3. The predicted molar refractivity (Wildman–Crippen MR) is 69.9 cm³/mol. The quantitative estimate of drug-likeness (QED) is 0.743. The van der Waals surface area contributed by atoms with Crippen LogP contribution < -0.4 is 0 Å². The second-order valence-corrected chi connectivity index (χ2v) is 4.72. The van der Waals surface area contributed by atoms with Gasteiger partial charge >= 0.3 is 0 Å². The molecule has 20 heavy (non-hydrogen) atoms. The van der Waals surface area contributed by atoms with Crippen LogP contribution in [-0.2, 0) is 23.7 Å². The molecule has 0 bridgehead atoms. The fourth-order valence-electron chi connectivity index (χ4n) is 2.21. The zero-order valence-electron chi connectivity index (χ0n) is 11.6. The summed E-state index contributed by atoms with van der Waals surface area (Å²) in [5, 5.41) is 9.84. The van der Waals surface area contributed by atoms with E-state index in [-0.39, 0.29) is 5.78 Å². The van der Waals surface area contributed by atoms with E-state index in [1.807, 2.05) is 0 Å². The lowest BCUT2D eigenvalue weighted by Gasteiger charge is -2.30. The summed E-state index contributed by atoms with van der Waals surface area (Å²) < 4.78 is 21.1. The monoisotopic (exact) mass is 284 g/mol. The van der Waals surface area contributed by atoms with Crippen LogP contribution in [0.25, 0.3) is 0 Å². The van der Waals surface area contributed by atoms with Gasteiger partial charge in [-0.25, -0.2) is 0 Å². The van der Waals surface area contributed by atoms with E-state index >= 15 is 0 Å². The van der Waals surface area contributed by atoms with Crippen molar-refractivity contribution < 1.29 is 28.8 Å². The molecule has 6 heteroatoms. The zero-order chi connectivity index (χ0) is 14.5. The molecule has 112 valence electrons. The summed E-state index contributed by atoms with van der Waals surface area (Å²) in [7, 11) is 3.05. The summed E-state index contributed by atoms with van der Waals surface area (Å²) in [4.78, 5) is 11.7. The first-order valence-electron chi connectivity index (χ1n) is 6.59. The Bertz CT molecular complexity index is 391. The molecule has 0 spiro atoms. The Morgan fingerprint density at radius 3 is 2.50 bits per heavy atom. The van der Waals surface area contributed by atoms with E-state index in [9.17, 15) is 9.90 Å². The van der Waals surface area contributed by atoms with Crippen molar-refractivity contribution in [3.05, 3.63) is 24.3 Å². The van der Waals surface area contributed by atoms with Crippen LogP contribution in [0.3, 0.4) is 0 Å². The van der Waals surface area contributed by atoms with Crippen LogP contribution in [0, 0.1) is 0 Å². The van der Waals surface area contributed by atoms with E-state index in [2.05, 4.69) is 0 Å². The molecule has 0 saturated carbocycles. The Morgan fingerprint density at radius 2 is 1.80 bits per heavy atom. The first-order valence-corrected chi connectivity index (χ1v) is 6.59. The topological polar surface area (TPSA) is 74.2 Å². The number of methoxy groups -OCH3 is 2. The minimum Gasteiger partial charge on any atom is -0.386 e. The Kier molecular flexibility index (Phi) is 5.45. The molecule has 2 heterocycles. The number of carbonyl (C=O) groups excluding carboxylic acids is 1. The summed E-state index contributed by atoms with van der Waals surface area (Å²) in [5.74, 6) is -0.0950. The molecule has 5 atom stereocenters. The second kappa shape index (κ2) is 7.10. The Balaban J connectivity index is 1.87. The van der Waals surface area contributed by atoms with Crippen LogP contribution in [-0.4, -0.2) is 56.0 Å². The Morgan fingerprint density at radius 1 is 1.10 bits per heavy atom. The molecule has 0 amide bonds. The Labute approximate surface area is 118 Å². The van der Waals surface area contributed by atoms with Gasteiger partial charge in [0.15, 0.2) is 18.4 Å². The van der Waals surface area contributed by atoms with Gasteiger partial charge in [-0.05, 0) is 31.1 Å². The average Bonchev–Trinajstić information content (AvgIpc) is 2.48. The molecule has 1 N–H and O–H groups in total. The van der Waals surface area contributed by atoms with Crippen molar-refractivity contribution >= 4 is 5.78 Å². The number of ketones is 1. The molecule has 0 aliphatic carbocycles. The van der Waals surface area contributed by atoms with Gasteiger partial charge in [-0.2, -0.15) is 0 Å². The highest BCUT2D eigenvalue weighted by Gasteiger charge is 2.30. The fourth-order valence-corrected chi connectivity index (χ4v) is 2.21. The van der Waals surface area contributed by atoms with Crippen molar-refractivity contribution in [2.45, 2.75) is 43.7 Å². The molecule has 0 unspecified atom stereocenters. The summed E-state index contributed by atoms with van der Waals surface area (Å²) in [5.41, 5.74) is 0. The van der Waals surface area contributed by atoms with E-state index in [1.54, 1.807) is 18.2 Å². The van der Waals surface area contributed by atoms with Crippen LogP contribution in [0.15, 0.2) is 24.3 Å². The standard InChI is InChI=1S/C14H20O6/c1-17-13-7-3-9(15)11(19-13)5-6-12-10(16)4-8-14(18-2)20-12/h3-4,7-9,11-15H,5-6H2,1-2H3/t9-,11+,12-,13-,14-/m1/s1. The van der Waals surface area contributed by atoms with E-state index in [1.165, 1.54) is 20.3 Å². The van der Waals surface area contributed by atoms with E-state index in [0.29, 0.717) is 12.8 Å². The number of ether oxygens (including phenoxy) is 4. The van der Waals surface area contributed by atoms with Gasteiger partial charge in [0.25, 0.3) is 0 Å². The molecule has 6 nitrogen and oxygen atoms in total. The summed E-state index contributed by atoms with van der Waals surface area (Å²) in [6.07, 6.45) is 4.67. The minimum absolute atomic E-state index is 0.0950. The van der Waals surface area contributed by atoms with Crippen LogP contribution in [0.4, 0.5) is 0 Å². The molecule has 0 aromatic carbocycles. The van der Waals surface area contributed by atoms with E-state index < -0.39 is 30.9 Å². The van der Waals surface area contributed by atoms with Crippen LogP contribution in [0.1, 0.15) is 12.8 Å². The number of rotatable bonds is 5. The average molecular weight is 284 g/mol. The molecular formula is C14H20O6. The van der Waals surface area contributed by atoms with Gasteiger partial charge in [-0.1, -0.05) is 6.08 Å². The van der Waals surface area contributed by atoms with Gasteiger partial charge in [0.05, 0.1) is 12.2 Å². The summed E-state index contributed by atoms with van der Waals surface area (Å²) in [6, 6.07) is 0. The van der Waals surface area contributed by atoms with Crippen LogP contribution >= 0.6 is 0 Å². The van der Waals surface area contributed by atoms with Crippen molar-refractivity contribution in [3.63, 3.8) is 0 Å². The molecule has 0 saturated heterocycles. The lowest BCUT2D eigenvalue weighted by atomic mass is 10.0. The molecule has 2 rings (SSSR count). The van der Waals surface area contributed by atoms with Crippen molar-refractivity contribution in [2.75, 3.05) is 14.2 Å². The molecule has 2 aliphatic heterocycles. The van der Waals surface area contributed by atoms with Crippen LogP contribution in [0.2, 0.25) is 0 Å². The second-order valence-electron chi connectivity index (χ2n) is 4.72. The van der Waals surface area contributed by atoms with Gasteiger partial charge in [-0.3, -0.25) is 4.79 Å². The highest BCUT2D eigenvalue weighted by atomic mass is 16.7. The number of hydrogen-bond donors (Lipinski definition) is 1. The van der Waals surface area contributed by atoms with Crippen molar-refractivity contribution in [1.82, 2.24) is 0 Å². The SMILES string of the molecule is CO[C@H]1C=C[C@@H](O)[C@H](CC[C@H]2O[C@@H](OC)C=CC2=O)O1. The van der Waals surface area contributed by atoms with Crippen molar-refractivity contribution in [2.24, 2.45) is 0 Å². The number of aliphatic hydroxyl groups excluding tert-OH is 1. The summed E-state index contributed by atoms with van der Waals surface area (Å²) in [6.45, 7) is 0. The minimum atomic E-state index is -0.700. The maximum Gasteiger partial charge on any atom is 0.184 e. The maximum absolute atomic E-state index is 11.7. The van der Waals surface area contributed by atoms with Crippen molar-refractivity contribution in [3.8, 4) is 0 Å². The molecule has 0 aromatic rings. The third-order valence-corrected chi connectivity index (χ3v) is 3.37.